The third-order valence-electron chi connectivity index (χ3n) is 3.54. The molecule has 5 nitrogen and oxygen atoms in total. The van der Waals surface area contributed by atoms with Gasteiger partial charge >= 0.3 is 11.8 Å². The number of anilines is 1. The maximum Gasteiger partial charge on any atom is 0.416 e. The van der Waals surface area contributed by atoms with Crippen LogP contribution in [0.2, 0.25) is 5.02 Å². The lowest BCUT2D eigenvalue weighted by Crippen LogP contribution is -2.21. The number of nitrogens with one attached hydrogen (secondary N) is 1. The summed E-state index contributed by atoms with van der Waals surface area (Å²) in [4.78, 5) is 24.3. The van der Waals surface area contributed by atoms with E-state index in [4.69, 9.17) is 16.0 Å². The number of rotatable bonds is 2. The summed E-state index contributed by atoms with van der Waals surface area (Å²) in [6.07, 6.45) is -4.51. The highest BCUT2D eigenvalue weighted by Gasteiger charge is 2.30. The molecule has 134 valence electrons. The van der Waals surface area contributed by atoms with Crippen LogP contribution in [0, 0.1) is 0 Å². The second-order valence-corrected chi connectivity index (χ2v) is 5.72. The number of aromatic hydroxyl groups is 1. The van der Waals surface area contributed by atoms with E-state index in [-0.39, 0.29) is 21.7 Å². The molecule has 26 heavy (non-hydrogen) atoms. The van der Waals surface area contributed by atoms with Crippen LogP contribution in [0.15, 0.2) is 51.7 Å². The number of fused-ring (bicyclic) bond motifs is 1. The van der Waals surface area contributed by atoms with Crippen molar-refractivity contribution < 1.29 is 27.5 Å². The molecule has 1 heterocycles. The minimum Gasteiger partial charge on any atom is -0.506 e. The molecule has 9 heteroatoms. The molecule has 1 amide bonds. The topological polar surface area (TPSA) is 79.5 Å². The van der Waals surface area contributed by atoms with Crippen molar-refractivity contribution in [2.45, 2.75) is 6.18 Å². The van der Waals surface area contributed by atoms with Crippen molar-refractivity contribution in [3.8, 4) is 5.75 Å². The standard InChI is InChI=1S/C17H9ClF3NO4/c18-9-3-6-11-12(7-9)26-16(25)13(14(11)23)15(24)22-10-4-1-8(2-5-10)17(19,20)21/h1-7,23H,(H,22,24). The minimum atomic E-state index is -4.51. The van der Waals surface area contributed by atoms with Crippen LogP contribution >= 0.6 is 11.6 Å². The number of halogens is 4. The van der Waals surface area contributed by atoms with Crippen LogP contribution in [0.4, 0.5) is 18.9 Å². The molecule has 0 aliphatic carbocycles. The Kier molecular flexibility index (Phi) is 4.37. The molecule has 0 saturated carbocycles. The largest absolute Gasteiger partial charge is 0.506 e. The average Bonchev–Trinajstić information content (AvgIpc) is 2.54. The van der Waals surface area contributed by atoms with E-state index < -0.39 is 34.6 Å². The van der Waals surface area contributed by atoms with Gasteiger partial charge in [-0.25, -0.2) is 4.79 Å². The van der Waals surface area contributed by atoms with Crippen LogP contribution in [0.1, 0.15) is 15.9 Å². The summed E-state index contributed by atoms with van der Waals surface area (Å²) in [5.74, 6) is -1.63. The van der Waals surface area contributed by atoms with E-state index >= 15 is 0 Å². The normalized spacial score (nSPS) is 11.5. The van der Waals surface area contributed by atoms with Crippen LogP contribution in [0.25, 0.3) is 11.0 Å². The molecular formula is C17H9ClF3NO4. The van der Waals surface area contributed by atoms with Crippen molar-refractivity contribution in [3.63, 3.8) is 0 Å². The molecule has 3 aromatic rings. The summed E-state index contributed by atoms with van der Waals surface area (Å²) < 4.78 is 42.6. The third-order valence-corrected chi connectivity index (χ3v) is 3.77. The lowest BCUT2D eigenvalue weighted by molar-refractivity contribution is -0.137. The van der Waals surface area contributed by atoms with Crippen molar-refractivity contribution >= 4 is 34.2 Å². The summed E-state index contributed by atoms with van der Waals surface area (Å²) in [7, 11) is 0. The van der Waals surface area contributed by atoms with Crippen molar-refractivity contribution in [2.75, 3.05) is 5.32 Å². The van der Waals surface area contributed by atoms with E-state index in [0.717, 1.165) is 24.3 Å². The fraction of sp³-hybridized carbons (Fsp3) is 0.0588. The highest BCUT2D eigenvalue weighted by molar-refractivity contribution is 6.31. The maximum absolute atomic E-state index is 12.5. The second kappa shape index (κ2) is 6.38. The van der Waals surface area contributed by atoms with E-state index in [1.165, 1.54) is 18.2 Å². The third kappa shape index (κ3) is 3.36. The average molecular weight is 384 g/mol. The molecule has 0 aliphatic rings. The van der Waals surface area contributed by atoms with Crippen LogP contribution in [0.3, 0.4) is 0 Å². The Hall–Kier alpha value is -3.00. The van der Waals surface area contributed by atoms with Gasteiger partial charge in [0.2, 0.25) is 0 Å². The zero-order chi connectivity index (χ0) is 19.1. The predicted octanol–water partition coefficient (Wildman–Crippen LogP) is 4.42. The summed E-state index contributed by atoms with van der Waals surface area (Å²) in [5.41, 5.74) is -2.66. The predicted molar refractivity (Wildman–Crippen MR) is 88.6 cm³/mol. The monoisotopic (exact) mass is 383 g/mol. The Bertz CT molecular complexity index is 1060. The Morgan fingerprint density at radius 3 is 2.38 bits per heavy atom. The quantitative estimate of drug-likeness (QED) is 0.642. The minimum absolute atomic E-state index is 0.00826. The zero-order valence-electron chi connectivity index (χ0n) is 12.7. The molecule has 2 N–H and O–H groups in total. The first-order valence-electron chi connectivity index (χ1n) is 7.11. The van der Waals surface area contributed by atoms with Crippen LogP contribution in [-0.2, 0) is 6.18 Å². The van der Waals surface area contributed by atoms with Gasteiger partial charge in [-0.3, -0.25) is 4.79 Å². The van der Waals surface area contributed by atoms with Gasteiger partial charge in [0.05, 0.1) is 10.9 Å². The first-order chi connectivity index (χ1) is 12.2. The molecule has 3 rings (SSSR count). The first kappa shape index (κ1) is 17.8. The summed E-state index contributed by atoms with van der Waals surface area (Å²) in [6.45, 7) is 0. The molecule has 0 spiro atoms. The lowest BCUT2D eigenvalue weighted by Gasteiger charge is -2.10. The Morgan fingerprint density at radius 1 is 1.12 bits per heavy atom. The summed E-state index contributed by atoms with van der Waals surface area (Å²) in [6, 6.07) is 7.71. The zero-order valence-corrected chi connectivity index (χ0v) is 13.5. The number of amides is 1. The first-order valence-corrected chi connectivity index (χ1v) is 7.48. The molecular weight excluding hydrogens is 375 g/mol. The molecule has 0 atom stereocenters. The van der Waals surface area contributed by atoms with Crippen molar-refractivity contribution in [2.24, 2.45) is 0 Å². The highest BCUT2D eigenvalue weighted by Crippen LogP contribution is 2.31. The van der Waals surface area contributed by atoms with Gasteiger partial charge in [0.25, 0.3) is 5.91 Å². The van der Waals surface area contributed by atoms with Crippen LogP contribution in [0.5, 0.6) is 5.75 Å². The lowest BCUT2D eigenvalue weighted by atomic mass is 10.1. The van der Waals surface area contributed by atoms with Gasteiger partial charge < -0.3 is 14.8 Å². The number of hydrogen-bond acceptors (Lipinski definition) is 4. The van der Waals surface area contributed by atoms with Gasteiger partial charge in [-0.1, -0.05) is 11.6 Å². The van der Waals surface area contributed by atoms with Gasteiger partial charge in [-0.05, 0) is 36.4 Å². The van der Waals surface area contributed by atoms with Gasteiger partial charge in [-0.15, -0.1) is 0 Å². The Morgan fingerprint density at radius 2 is 1.77 bits per heavy atom. The molecule has 0 fully saturated rings. The summed E-state index contributed by atoms with van der Waals surface area (Å²) in [5, 5.41) is 12.8. The van der Waals surface area contributed by atoms with Gasteiger partial charge in [-0.2, -0.15) is 13.2 Å². The highest BCUT2D eigenvalue weighted by atomic mass is 35.5. The Labute approximate surface area is 148 Å². The van der Waals surface area contributed by atoms with Crippen molar-refractivity contribution in [1.29, 1.82) is 0 Å². The molecule has 0 unspecified atom stereocenters. The van der Waals surface area contributed by atoms with E-state index in [1.54, 1.807) is 0 Å². The van der Waals surface area contributed by atoms with Crippen LogP contribution < -0.4 is 10.9 Å². The molecule has 0 bridgehead atoms. The Balaban J connectivity index is 1.95. The fourth-order valence-electron chi connectivity index (χ4n) is 2.29. The number of carbonyl (C=O) groups is 1. The second-order valence-electron chi connectivity index (χ2n) is 5.28. The SMILES string of the molecule is O=C(Nc1ccc(C(F)(F)F)cc1)c1c(O)c2ccc(Cl)cc2oc1=O. The van der Waals surface area contributed by atoms with E-state index in [9.17, 15) is 27.9 Å². The van der Waals surface area contributed by atoms with Crippen molar-refractivity contribution in [3.05, 3.63) is 69.0 Å². The fourth-order valence-corrected chi connectivity index (χ4v) is 2.46. The van der Waals surface area contributed by atoms with Crippen molar-refractivity contribution in [1.82, 2.24) is 0 Å². The van der Waals surface area contributed by atoms with E-state index in [2.05, 4.69) is 5.32 Å². The summed E-state index contributed by atoms with van der Waals surface area (Å²) >= 11 is 5.77. The molecule has 2 aromatic carbocycles. The van der Waals surface area contributed by atoms with E-state index in [0.29, 0.717) is 0 Å². The van der Waals surface area contributed by atoms with Gasteiger partial charge in [0.1, 0.15) is 11.3 Å². The van der Waals surface area contributed by atoms with Gasteiger partial charge in [0.15, 0.2) is 5.56 Å². The smallest absolute Gasteiger partial charge is 0.416 e. The molecule has 0 aliphatic heterocycles. The number of hydrogen-bond donors (Lipinski definition) is 2. The molecule has 1 aromatic heterocycles. The maximum atomic E-state index is 12.5. The van der Waals surface area contributed by atoms with Crippen LogP contribution in [-0.4, -0.2) is 11.0 Å². The van der Waals surface area contributed by atoms with Gasteiger partial charge in [0, 0.05) is 16.8 Å². The van der Waals surface area contributed by atoms with E-state index in [1.807, 2.05) is 0 Å². The number of carbonyl (C=O) groups excluding carboxylic acids is 1. The molecule has 0 saturated heterocycles. The molecule has 0 radical (unpaired) electrons. The number of benzene rings is 2. The number of alkyl halides is 3.